The molecular weight excluding hydrogens is 220 g/mol. The maximum absolute atomic E-state index is 4.31. The van der Waals surface area contributed by atoms with Crippen molar-refractivity contribution >= 4 is 17.0 Å². The van der Waals surface area contributed by atoms with Gasteiger partial charge in [0.2, 0.25) is 0 Å². The van der Waals surface area contributed by atoms with Gasteiger partial charge in [0.25, 0.3) is 0 Å². The summed E-state index contributed by atoms with van der Waals surface area (Å²) in [6, 6.07) is 10.4. The Morgan fingerprint density at radius 2 is 2.06 bits per heavy atom. The van der Waals surface area contributed by atoms with Crippen molar-refractivity contribution in [2.45, 2.75) is 26.3 Å². The maximum atomic E-state index is 4.31. The second-order valence-corrected chi connectivity index (χ2v) is 5.49. The molecule has 0 spiro atoms. The third-order valence-corrected chi connectivity index (χ3v) is 2.69. The lowest BCUT2D eigenvalue weighted by molar-refractivity contribution is 0.450. The number of fused-ring (bicyclic) bond motifs is 1. The average Bonchev–Trinajstić information content (AvgIpc) is 2.33. The fourth-order valence-electron chi connectivity index (χ4n) is 1.76. The monoisotopic (exact) mass is 240 g/mol. The Bertz CT molecular complexity index is 550. The zero-order valence-electron chi connectivity index (χ0n) is 11.3. The Hall–Kier alpha value is -1.67. The van der Waals surface area contributed by atoms with Crippen LogP contribution in [0, 0.1) is 0 Å². The largest absolute Gasteiger partial charge is 0.309 e. The van der Waals surface area contributed by atoms with Crippen LogP contribution in [0.2, 0.25) is 0 Å². The Labute approximate surface area is 109 Å². The van der Waals surface area contributed by atoms with Crippen molar-refractivity contribution in [3.05, 3.63) is 48.2 Å². The van der Waals surface area contributed by atoms with E-state index >= 15 is 0 Å². The summed E-state index contributed by atoms with van der Waals surface area (Å²) in [5.41, 5.74) is 2.42. The molecule has 0 saturated heterocycles. The predicted molar refractivity (Wildman–Crippen MR) is 78.5 cm³/mol. The van der Waals surface area contributed by atoms with Gasteiger partial charge in [-0.25, -0.2) is 0 Å². The zero-order chi connectivity index (χ0) is 13.0. The molecule has 0 unspecified atom stereocenters. The summed E-state index contributed by atoms with van der Waals surface area (Å²) >= 11 is 0. The van der Waals surface area contributed by atoms with E-state index < -0.39 is 0 Å². The summed E-state index contributed by atoms with van der Waals surface area (Å²) in [4.78, 5) is 4.31. The van der Waals surface area contributed by atoms with Crippen LogP contribution in [0.25, 0.3) is 17.0 Å². The lowest BCUT2D eigenvalue weighted by atomic mass is 10.1. The van der Waals surface area contributed by atoms with Crippen molar-refractivity contribution in [1.29, 1.82) is 0 Å². The molecule has 0 bridgehead atoms. The molecule has 0 aliphatic rings. The SMILES string of the molecule is CC(C)(C)NCC=Cc1ccc2ncccc2c1. The molecule has 0 amide bonds. The van der Waals surface area contributed by atoms with E-state index in [1.54, 1.807) is 0 Å². The van der Waals surface area contributed by atoms with Gasteiger partial charge in [-0.05, 0) is 44.5 Å². The lowest BCUT2D eigenvalue weighted by Crippen LogP contribution is -2.35. The van der Waals surface area contributed by atoms with E-state index in [2.05, 4.69) is 67.5 Å². The second kappa shape index (κ2) is 5.32. The minimum atomic E-state index is 0.164. The molecule has 2 nitrogen and oxygen atoms in total. The molecule has 18 heavy (non-hydrogen) atoms. The summed E-state index contributed by atoms with van der Waals surface area (Å²) in [6.45, 7) is 7.39. The molecule has 1 aromatic heterocycles. The number of pyridine rings is 1. The van der Waals surface area contributed by atoms with Gasteiger partial charge in [-0.15, -0.1) is 0 Å². The molecule has 0 aliphatic carbocycles. The van der Waals surface area contributed by atoms with E-state index in [0.29, 0.717) is 0 Å². The fourth-order valence-corrected chi connectivity index (χ4v) is 1.76. The van der Waals surface area contributed by atoms with Crippen LogP contribution in [0.3, 0.4) is 0 Å². The minimum absolute atomic E-state index is 0.164. The van der Waals surface area contributed by atoms with E-state index in [1.165, 1.54) is 10.9 Å². The molecule has 0 radical (unpaired) electrons. The Balaban J connectivity index is 2.05. The molecule has 2 aromatic rings. The highest BCUT2D eigenvalue weighted by atomic mass is 14.9. The standard InChI is InChI=1S/C16H20N2/c1-16(2,3)18-11-4-6-13-8-9-15-14(12-13)7-5-10-17-15/h4-10,12,18H,11H2,1-3H3. The highest BCUT2D eigenvalue weighted by Gasteiger charge is 2.05. The van der Waals surface area contributed by atoms with E-state index in [1.807, 2.05) is 12.3 Å². The molecule has 0 fully saturated rings. The number of nitrogens with zero attached hydrogens (tertiary/aromatic N) is 1. The van der Waals surface area contributed by atoms with Gasteiger partial charge in [0.1, 0.15) is 0 Å². The smallest absolute Gasteiger partial charge is 0.0702 e. The number of nitrogens with one attached hydrogen (secondary N) is 1. The van der Waals surface area contributed by atoms with Crippen molar-refractivity contribution in [3.8, 4) is 0 Å². The summed E-state index contributed by atoms with van der Waals surface area (Å²) in [7, 11) is 0. The van der Waals surface area contributed by atoms with Crippen LogP contribution in [0.1, 0.15) is 26.3 Å². The molecule has 0 aliphatic heterocycles. The summed E-state index contributed by atoms with van der Waals surface area (Å²) in [6.07, 6.45) is 6.12. The molecular formula is C16H20N2. The average molecular weight is 240 g/mol. The van der Waals surface area contributed by atoms with Crippen LogP contribution in [0.4, 0.5) is 0 Å². The van der Waals surface area contributed by atoms with Crippen molar-refractivity contribution in [3.63, 3.8) is 0 Å². The van der Waals surface area contributed by atoms with Crippen molar-refractivity contribution in [2.24, 2.45) is 0 Å². The van der Waals surface area contributed by atoms with Crippen molar-refractivity contribution < 1.29 is 0 Å². The first kappa shape index (κ1) is 12.8. The summed E-state index contributed by atoms with van der Waals surface area (Å²) in [5.74, 6) is 0. The van der Waals surface area contributed by atoms with Crippen LogP contribution in [0.15, 0.2) is 42.6 Å². The molecule has 1 aromatic carbocycles. The predicted octanol–water partition coefficient (Wildman–Crippen LogP) is 3.64. The number of benzene rings is 1. The topological polar surface area (TPSA) is 24.9 Å². The first-order chi connectivity index (χ1) is 8.54. The van der Waals surface area contributed by atoms with E-state index in [4.69, 9.17) is 0 Å². The van der Waals surface area contributed by atoms with E-state index in [-0.39, 0.29) is 5.54 Å². The molecule has 1 heterocycles. The quantitative estimate of drug-likeness (QED) is 0.886. The summed E-state index contributed by atoms with van der Waals surface area (Å²) < 4.78 is 0. The number of hydrogen-bond acceptors (Lipinski definition) is 2. The van der Waals surface area contributed by atoms with Crippen molar-refractivity contribution in [1.82, 2.24) is 10.3 Å². The fraction of sp³-hybridized carbons (Fsp3) is 0.312. The zero-order valence-corrected chi connectivity index (χ0v) is 11.3. The van der Waals surface area contributed by atoms with Gasteiger partial charge in [-0.1, -0.05) is 24.3 Å². The Kier molecular flexibility index (Phi) is 3.78. The van der Waals surface area contributed by atoms with Crippen LogP contribution in [0.5, 0.6) is 0 Å². The Morgan fingerprint density at radius 3 is 2.83 bits per heavy atom. The third kappa shape index (κ3) is 3.67. The maximum Gasteiger partial charge on any atom is 0.0702 e. The van der Waals surface area contributed by atoms with Crippen molar-refractivity contribution in [2.75, 3.05) is 6.54 Å². The van der Waals surface area contributed by atoms with Gasteiger partial charge in [0.15, 0.2) is 0 Å². The molecule has 0 saturated carbocycles. The minimum Gasteiger partial charge on any atom is -0.309 e. The third-order valence-electron chi connectivity index (χ3n) is 2.69. The molecule has 2 heteroatoms. The van der Waals surface area contributed by atoms with Gasteiger partial charge >= 0.3 is 0 Å². The van der Waals surface area contributed by atoms with Gasteiger partial charge in [-0.3, -0.25) is 4.98 Å². The van der Waals surface area contributed by atoms with Gasteiger partial charge in [0.05, 0.1) is 5.52 Å². The van der Waals surface area contributed by atoms with Gasteiger partial charge in [0, 0.05) is 23.7 Å². The van der Waals surface area contributed by atoms with Crippen LogP contribution < -0.4 is 5.32 Å². The second-order valence-electron chi connectivity index (χ2n) is 5.49. The Morgan fingerprint density at radius 1 is 1.22 bits per heavy atom. The van der Waals surface area contributed by atoms with Gasteiger partial charge in [-0.2, -0.15) is 0 Å². The van der Waals surface area contributed by atoms with E-state index in [9.17, 15) is 0 Å². The molecule has 94 valence electrons. The first-order valence-corrected chi connectivity index (χ1v) is 6.31. The highest BCUT2D eigenvalue weighted by Crippen LogP contribution is 2.14. The van der Waals surface area contributed by atoms with E-state index in [0.717, 1.165) is 12.1 Å². The van der Waals surface area contributed by atoms with Gasteiger partial charge < -0.3 is 5.32 Å². The summed E-state index contributed by atoms with van der Waals surface area (Å²) in [5, 5.41) is 4.61. The number of hydrogen-bond donors (Lipinski definition) is 1. The number of aromatic nitrogens is 1. The molecule has 1 N–H and O–H groups in total. The van der Waals surface area contributed by atoms with Crippen LogP contribution >= 0.6 is 0 Å². The molecule has 2 rings (SSSR count). The highest BCUT2D eigenvalue weighted by molar-refractivity contribution is 5.80. The normalized spacial score (nSPS) is 12.4. The van der Waals surface area contributed by atoms with Crippen LogP contribution in [-0.4, -0.2) is 17.1 Å². The molecule has 0 atom stereocenters. The lowest BCUT2D eigenvalue weighted by Gasteiger charge is -2.18. The van der Waals surface area contributed by atoms with Crippen LogP contribution in [-0.2, 0) is 0 Å². The number of rotatable bonds is 3. The first-order valence-electron chi connectivity index (χ1n) is 6.31.